The van der Waals surface area contributed by atoms with E-state index in [0.29, 0.717) is 5.75 Å². The number of benzene rings is 1. The van der Waals surface area contributed by atoms with Gasteiger partial charge in [-0.15, -0.1) is 0 Å². The van der Waals surface area contributed by atoms with E-state index in [9.17, 15) is 14.4 Å². The zero-order valence-corrected chi connectivity index (χ0v) is 13.3. The van der Waals surface area contributed by atoms with E-state index < -0.39 is 24.0 Å². The van der Waals surface area contributed by atoms with Gasteiger partial charge in [0.05, 0.1) is 27.8 Å². The van der Waals surface area contributed by atoms with Gasteiger partial charge in [0, 0.05) is 6.54 Å². The number of rotatable bonds is 7. The Morgan fingerprint density at radius 3 is 2.22 bits per heavy atom. The van der Waals surface area contributed by atoms with Crippen LogP contribution in [0.5, 0.6) is 5.75 Å². The van der Waals surface area contributed by atoms with Crippen LogP contribution in [-0.4, -0.2) is 45.3 Å². The summed E-state index contributed by atoms with van der Waals surface area (Å²) in [6.07, 6.45) is -0.306. The Morgan fingerprint density at radius 2 is 1.70 bits per heavy atom. The Morgan fingerprint density at radius 1 is 1.04 bits per heavy atom. The molecule has 126 valence electrons. The Kier molecular flexibility index (Phi) is 7.38. The van der Waals surface area contributed by atoms with Crippen LogP contribution < -0.4 is 15.4 Å². The molecule has 0 radical (unpaired) electrons. The van der Waals surface area contributed by atoms with Crippen molar-refractivity contribution in [3.8, 4) is 5.75 Å². The van der Waals surface area contributed by atoms with Gasteiger partial charge in [0.1, 0.15) is 11.8 Å². The molecule has 1 atom stereocenters. The normalized spacial score (nSPS) is 11.1. The lowest BCUT2D eigenvalue weighted by molar-refractivity contribution is -0.149. The zero-order chi connectivity index (χ0) is 17.2. The molecule has 2 N–H and O–H groups in total. The fraction of sp³-hybridized carbons (Fsp3) is 0.400. The van der Waals surface area contributed by atoms with Crippen LogP contribution in [0.1, 0.15) is 12.0 Å². The smallest absolute Gasteiger partial charge is 0.329 e. The molecule has 8 heteroatoms. The number of esters is 2. The van der Waals surface area contributed by atoms with E-state index in [2.05, 4.69) is 20.1 Å². The molecule has 1 aromatic carbocycles. The lowest BCUT2D eigenvalue weighted by atomic mass is 10.2. The van der Waals surface area contributed by atoms with Gasteiger partial charge < -0.3 is 24.8 Å². The van der Waals surface area contributed by atoms with E-state index in [1.165, 1.54) is 14.2 Å². The summed E-state index contributed by atoms with van der Waals surface area (Å²) >= 11 is 0. The standard InChI is InChI=1S/C15H20N2O6/c1-21-11-6-4-10(5-7-11)9-16-15(20)17-12(14(19)23-3)8-13(18)22-2/h4-7,12H,8-9H2,1-3H3,(H2,16,17,20). The molecule has 0 saturated heterocycles. The number of carbonyl (C=O) groups excluding carboxylic acids is 3. The number of hydrogen-bond acceptors (Lipinski definition) is 6. The van der Waals surface area contributed by atoms with Crippen molar-refractivity contribution in [1.82, 2.24) is 10.6 Å². The molecule has 2 amide bonds. The number of nitrogens with one attached hydrogen (secondary N) is 2. The average molecular weight is 324 g/mol. The second kappa shape index (κ2) is 9.29. The number of ether oxygens (including phenoxy) is 3. The van der Waals surface area contributed by atoms with Crippen molar-refractivity contribution in [3.63, 3.8) is 0 Å². The Balaban J connectivity index is 2.53. The summed E-state index contributed by atoms with van der Waals surface area (Å²) in [6, 6.07) is 5.42. The van der Waals surface area contributed by atoms with Crippen LogP contribution >= 0.6 is 0 Å². The predicted octanol–water partition coefficient (Wildman–Crippen LogP) is 0.599. The first-order valence-corrected chi connectivity index (χ1v) is 6.82. The van der Waals surface area contributed by atoms with E-state index in [-0.39, 0.29) is 13.0 Å². The average Bonchev–Trinajstić information content (AvgIpc) is 2.58. The number of carbonyl (C=O) groups is 3. The molecule has 0 heterocycles. The van der Waals surface area contributed by atoms with Crippen molar-refractivity contribution >= 4 is 18.0 Å². The van der Waals surface area contributed by atoms with Gasteiger partial charge in [-0.05, 0) is 17.7 Å². The second-order valence-corrected chi connectivity index (χ2v) is 4.53. The quantitative estimate of drug-likeness (QED) is 0.712. The molecule has 8 nitrogen and oxygen atoms in total. The van der Waals surface area contributed by atoms with Gasteiger partial charge in [-0.2, -0.15) is 0 Å². The molecule has 0 spiro atoms. The van der Waals surface area contributed by atoms with Crippen LogP contribution in [-0.2, 0) is 25.6 Å². The largest absolute Gasteiger partial charge is 0.497 e. The highest BCUT2D eigenvalue weighted by molar-refractivity contribution is 5.87. The van der Waals surface area contributed by atoms with Gasteiger partial charge >= 0.3 is 18.0 Å². The molecule has 1 unspecified atom stereocenters. The maximum Gasteiger partial charge on any atom is 0.329 e. The molecular formula is C15H20N2O6. The first kappa shape index (κ1) is 18.3. The minimum absolute atomic E-state index is 0.252. The zero-order valence-electron chi connectivity index (χ0n) is 13.3. The van der Waals surface area contributed by atoms with Crippen LogP contribution in [0, 0.1) is 0 Å². The Labute approximate surface area is 134 Å². The molecular weight excluding hydrogens is 304 g/mol. The highest BCUT2D eigenvalue weighted by atomic mass is 16.5. The van der Waals surface area contributed by atoms with Crippen molar-refractivity contribution in [2.24, 2.45) is 0 Å². The van der Waals surface area contributed by atoms with Crippen LogP contribution in [0.15, 0.2) is 24.3 Å². The third-order valence-corrected chi connectivity index (χ3v) is 3.00. The molecule has 0 aliphatic heterocycles. The van der Waals surface area contributed by atoms with Crippen LogP contribution in [0.2, 0.25) is 0 Å². The monoisotopic (exact) mass is 324 g/mol. The summed E-state index contributed by atoms with van der Waals surface area (Å²) in [5.74, 6) is -0.645. The number of methoxy groups -OCH3 is 3. The molecule has 0 aromatic heterocycles. The summed E-state index contributed by atoms with van der Waals surface area (Å²) in [4.78, 5) is 34.6. The SMILES string of the molecule is COC(=O)CC(NC(=O)NCc1ccc(OC)cc1)C(=O)OC. The molecule has 0 aliphatic rings. The van der Waals surface area contributed by atoms with Crippen molar-refractivity contribution < 1.29 is 28.6 Å². The number of urea groups is 1. The highest BCUT2D eigenvalue weighted by Crippen LogP contribution is 2.10. The van der Waals surface area contributed by atoms with Gasteiger partial charge in [0.2, 0.25) is 0 Å². The van der Waals surface area contributed by atoms with Gasteiger partial charge in [0.15, 0.2) is 0 Å². The first-order valence-electron chi connectivity index (χ1n) is 6.82. The molecule has 0 fully saturated rings. The number of amides is 2. The maximum absolute atomic E-state index is 11.8. The van der Waals surface area contributed by atoms with E-state index in [4.69, 9.17) is 4.74 Å². The van der Waals surface area contributed by atoms with Crippen molar-refractivity contribution in [2.75, 3.05) is 21.3 Å². The summed E-state index contributed by atoms with van der Waals surface area (Å²) in [6.45, 7) is 0.252. The molecule has 0 aliphatic carbocycles. The van der Waals surface area contributed by atoms with Crippen molar-refractivity contribution in [2.45, 2.75) is 19.0 Å². The van der Waals surface area contributed by atoms with E-state index in [1.54, 1.807) is 31.4 Å². The summed E-state index contributed by atoms with van der Waals surface area (Å²) in [7, 11) is 3.93. The van der Waals surface area contributed by atoms with Gasteiger partial charge in [-0.25, -0.2) is 9.59 Å². The van der Waals surface area contributed by atoms with E-state index >= 15 is 0 Å². The highest BCUT2D eigenvalue weighted by Gasteiger charge is 2.24. The molecule has 0 bridgehead atoms. The minimum Gasteiger partial charge on any atom is -0.497 e. The van der Waals surface area contributed by atoms with E-state index in [1.807, 2.05) is 0 Å². The third kappa shape index (κ3) is 6.25. The number of hydrogen-bond donors (Lipinski definition) is 2. The topological polar surface area (TPSA) is 103 Å². The Hall–Kier alpha value is -2.77. The fourth-order valence-electron chi connectivity index (χ4n) is 1.72. The van der Waals surface area contributed by atoms with Gasteiger partial charge in [-0.1, -0.05) is 12.1 Å². The lowest BCUT2D eigenvalue weighted by Gasteiger charge is -2.16. The predicted molar refractivity (Wildman–Crippen MR) is 80.8 cm³/mol. The molecule has 0 saturated carbocycles. The third-order valence-electron chi connectivity index (χ3n) is 3.00. The molecule has 1 aromatic rings. The summed E-state index contributed by atoms with van der Waals surface area (Å²) < 4.78 is 14.1. The Bertz CT molecular complexity index is 543. The first-order chi connectivity index (χ1) is 11.0. The summed E-state index contributed by atoms with van der Waals surface area (Å²) in [5.41, 5.74) is 0.850. The molecule has 1 rings (SSSR count). The van der Waals surface area contributed by atoms with Gasteiger partial charge in [0.25, 0.3) is 0 Å². The van der Waals surface area contributed by atoms with Crippen LogP contribution in [0.4, 0.5) is 4.79 Å². The van der Waals surface area contributed by atoms with Crippen molar-refractivity contribution in [3.05, 3.63) is 29.8 Å². The molecule has 23 heavy (non-hydrogen) atoms. The van der Waals surface area contributed by atoms with Crippen LogP contribution in [0.25, 0.3) is 0 Å². The van der Waals surface area contributed by atoms with Crippen LogP contribution in [0.3, 0.4) is 0 Å². The lowest BCUT2D eigenvalue weighted by Crippen LogP contribution is -2.47. The fourth-order valence-corrected chi connectivity index (χ4v) is 1.72. The van der Waals surface area contributed by atoms with Gasteiger partial charge in [-0.3, -0.25) is 4.79 Å². The van der Waals surface area contributed by atoms with Crippen molar-refractivity contribution in [1.29, 1.82) is 0 Å². The minimum atomic E-state index is -1.11. The van der Waals surface area contributed by atoms with E-state index in [0.717, 1.165) is 5.56 Å². The maximum atomic E-state index is 11.8. The summed E-state index contributed by atoms with van der Waals surface area (Å²) in [5, 5.41) is 4.96. The second-order valence-electron chi connectivity index (χ2n) is 4.53.